The summed E-state index contributed by atoms with van der Waals surface area (Å²) in [6.07, 6.45) is 0.791. The quantitative estimate of drug-likeness (QED) is 0.242. The predicted octanol–water partition coefficient (Wildman–Crippen LogP) is 8.25. The van der Waals surface area contributed by atoms with Crippen LogP contribution in [-0.4, -0.2) is 10.0 Å². The Morgan fingerprint density at radius 3 is 1.65 bits per heavy atom. The molecule has 0 fully saturated rings. The molecule has 4 aromatic carbocycles. The Hall–Kier alpha value is -2.62. The first-order valence-electron chi connectivity index (χ1n) is 11.6. The number of benzene rings is 4. The van der Waals surface area contributed by atoms with Gasteiger partial charge in [0.15, 0.2) is 0 Å². The first-order valence-corrected chi connectivity index (χ1v) is 12.4. The van der Waals surface area contributed by atoms with E-state index in [2.05, 4.69) is 77.7 Å². The van der Waals surface area contributed by atoms with Crippen LogP contribution in [0.25, 0.3) is 0 Å². The Labute approximate surface area is 212 Å². The van der Waals surface area contributed by atoms with Crippen LogP contribution in [0.4, 0.5) is 0 Å². The molecule has 34 heavy (non-hydrogen) atoms. The lowest BCUT2D eigenvalue weighted by atomic mass is 9.95. The molecule has 1 unspecified atom stereocenters. The highest BCUT2D eigenvalue weighted by molar-refractivity contribution is 6.42. The van der Waals surface area contributed by atoms with Crippen LogP contribution in [0.1, 0.15) is 47.2 Å². The van der Waals surface area contributed by atoms with Crippen molar-refractivity contribution in [1.29, 1.82) is 0 Å². The zero-order chi connectivity index (χ0) is 23.8. The van der Waals surface area contributed by atoms with E-state index in [1.165, 1.54) is 16.7 Å². The van der Waals surface area contributed by atoms with Gasteiger partial charge in [0.25, 0.3) is 0 Å². The molecule has 0 radical (unpaired) electrons. The molecule has 4 rings (SSSR count). The summed E-state index contributed by atoms with van der Waals surface area (Å²) in [5, 5.41) is 11.9. The van der Waals surface area contributed by atoms with Gasteiger partial charge in [0, 0.05) is 19.1 Å². The number of halogens is 2. The molecule has 0 aromatic heterocycles. The van der Waals surface area contributed by atoms with Gasteiger partial charge in [-0.15, -0.1) is 0 Å². The van der Waals surface area contributed by atoms with Crippen molar-refractivity contribution in [2.45, 2.75) is 38.1 Å². The molecule has 0 spiro atoms. The minimum atomic E-state index is -0.615. The maximum atomic E-state index is 11.0. The Balaban J connectivity index is 1.61. The van der Waals surface area contributed by atoms with E-state index in [-0.39, 0.29) is 6.04 Å². The molecule has 2 atom stereocenters. The molecule has 0 saturated heterocycles. The van der Waals surface area contributed by atoms with Crippen LogP contribution in [0.2, 0.25) is 10.0 Å². The van der Waals surface area contributed by atoms with Gasteiger partial charge in [0.05, 0.1) is 16.1 Å². The van der Waals surface area contributed by atoms with E-state index in [0.29, 0.717) is 16.5 Å². The van der Waals surface area contributed by atoms with E-state index in [0.717, 1.165) is 25.1 Å². The summed E-state index contributed by atoms with van der Waals surface area (Å²) in [5.41, 5.74) is 4.57. The van der Waals surface area contributed by atoms with E-state index >= 15 is 0 Å². The third-order valence-corrected chi connectivity index (χ3v) is 6.86. The molecule has 2 nitrogen and oxygen atoms in total. The van der Waals surface area contributed by atoms with Gasteiger partial charge in [-0.1, -0.05) is 120 Å². The van der Waals surface area contributed by atoms with Crippen LogP contribution in [0.5, 0.6) is 0 Å². The number of aliphatic hydroxyl groups excluding tert-OH is 1. The zero-order valence-electron chi connectivity index (χ0n) is 19.0. The van der Waals surface area contributed by atoms with E-state index in [4.69, 9.17) is 23.2 Å². The SMILES string of the molecule is OC(CC[C@@H](c1ccccc1)N(Cc1ccccc1)Cc1ccccc1)c1ccc(Cl)c(Cl)c1. The lowest BCUT2D eigenvalue weighted by Crippen LogP contribution is -2.28. The number of nitrogens with zero attached hydrogens (tertiary/aromatic N) is 1. The highest BCUT2D eigenvalue weighted by atomic mass is 35.5. The summed E-state index contributed by atoms with van der Waals surface area (Å²) in [6, 6.07) is 37.2. The van der Waals surface area contributed by atoms with Crippen LogP contribution in [0.3, 0.4) is 0 Å². The first-order chi connectivity index (χ1) is 16.6. The summed E-state index contributed by atoms with van der Waals surface area (Å²) in [4.78, 5) is 2.50. The van der Waals surface area contributed by atoms with Crippen LogP contribution < -0.4 is 0 Å². The van der Waals surface area contributed by atoms with Gasteiger partial charge >= 0.3 is 0 Å². The molecule has 0 aliphatic rings. The van der Waals surface area contributed by atoms with Crippen molar-refractivity contribution in [3.63, 3.8) is 0 Å². The van der Waals surface area contributed by atoms with Crippen molar-refractivity contribution < 1.29 is 5.11 Å². The lowest BCUT2D eigenvalue weighted by Gasteiger charge is -2.33. The summed E-state index contributed by atoms with van der Waals surface area (Å²) in [7, 11) is 0. The molecule has 0 bridgehead atoms. The second-order valence-electron chi connectivity index (χ2n) is 8.57. The molecule has 1 N–H and O–H groups in total. The molecule has 0 amide bonds. The first kappa shape index (κ1) is 24.5. The molecule has 174 valence electrons. The average molecular weight is 490 g/mol. The van der Waals surface area contributed by atoms with Crippen LogP contribution in [0.15, 0.2) is 109 Å². The van der Waals surface area contributed by atoms with E-state index < -0.39 is 6.10 Å². The van der Waals surface area contributed by atoms with Crippen molar-refractivity contribution in [2.75, 3.05) is 0 Å². The summed E-state index contributed by atoms with van der Waals surface area (Å²) in [5.74, 6) is 0. The predicted molar refractivity (Wildman–Crippen MR) is 142 cm³/mol. The fraction of sp³-hybridized carbons (Fsp3) is 0.200. The molecule has 4 heteroatoms. The second-order valence-corrected chi connectivity index (χ2v) is 9.38. The summed E-state index contributed by atoms with van der Waals surface area (Å²) in [6.45, 7) is 1.64. The minimum absolute atomic E-state index is 0.138. The summed E-state index contributed by atoms with van der Waals surface area (Å²) < 4.78 is 0. The molecule has 0 aliphatic heterocycles. The summed E-state index contributed by atoms with van der Waals surface area (Å²) >= 11 is 12.3. The number of aliphatic hydroxyl groups is 1. The van der Waals surface area contributed by atoms with Gasteiger partial charge in [0.1, 0.15) is 0 Å². The Morgan fingerprint density at radius 2 is 1.12 bits per heavy atom. The van der Waals surface area contributed by atoms with Gasteiger partial charge in [-0.2, -0.15) is 0 Å². The van der Waals surface area contributed by atoms with E-state index in [1.54, 1.807) is 12.1 Å². The van der Waals surface area contributed by atoms with Crippen LogP contribution in [0, 0.1) is 0 Å². The smallest absolute Gasteiger partial charge is 0.0791 e. The molecular formula is C30H29Cl2NO. The van der Waals surface area contributed by atoms with Gasteiger partial charge in [-0.3, -0.25) is 4.90 Å². The van der Waals surface area contributed by atoms with Gasteiger partial charge in [0.2, 0.25) is 0 Å². The third kappa shape index (κ3) is 6.71. The molecule has 0 aliphatic carbocycles. The fourth-order valence-electron chi connectivity index (χ4n) is 4.35. The number of hydrogen-bond donors (Lipinski definition) is 1. The van der Waals surface area contributed by atoms with Crippen molar-refractivity contribution in [3.05, 3.63) is 141 Å². The molecule has 0 saturated carbocycles. The Bertz CT molecular complexity index is 1110. The molecule has 4 aromatic rings. The minimum Gasteiger partial charge on any atom is -0.388 e. The fourth-order valence-corrected chi connectivity index (χ4v) is 4.66. The maximum Gasteiger partial charge on any atom is 0.0791 e. The van der Waals surface area contributed by atoms with Gasteiger partial charge < -0.3 is 5.11 Å². The van der Waals surface area contributed by atoms with E-state index in [9.17, 15) is 5.11 Å². The van der Waals surface area contributed by atoms with Crippen LogP contribution in [-0.2, 0) is 13.1 Å². The monoisotopic (exact) mass is 489 g/mol. The second kappa shape index (κ2) is 12.2. The normalized spacial score (nSPS) is 13.1. The van der Waals surface area contributed by atoms with E-state index in [1.807, 2.05) is 24.3 Å². The Kier molecular flexibility index (Phi) is 8.79. The number of hydrogen-bond acceptors (Lipinski definition) is 2. The largest absolute Gasteiger partial charge is 0.388 e. The maximum absolute atomic E-state index is 11.0. The highest BCUT2D eigenvalue weighted by Gasteiger charge is 2.23. The third-order valence-electron chi connectivity index (χ3n) is 6.12. The van der Waals surface area contributed by atoms with Crippen molar-refractivity contribution >= 4 is 23.2 Å². The topological polar surface area (TPSA) is 23.5 Å². The molecular weight excluding hydrogens is 461 g/mol. The lowest BCUT2D eigenvalue weighted by molar-refractivity contribution is 0.122. The Morgan fingerprint density at radius 1 is 0.588 bits per heavy atom. The number of rotatable bonds is 10. The van der Waals surface area contributed by atoms with Gasteiger partial charge in [-0.25, -0.2) is 0 Å². The van der Waals surface area contributed by atoms with Crippen molar-refractivity contribution in [2.24, 2.45) is 0 Å². The van der Waals surface area contributed by atoms with Crippen molar-refractivity contribution in [1.82, 2.24) is 4.90 Å². The molecule has 0 heterocycles. The van der Waals surface area contributed by atoms with Crippen molar-refractivity contribution in [3.8, 4) is 0 Å². The standard InChI is InChI=1S/C30H29Cl2NO/c31-27-17-16-26(20-28(27)32)30(34)19-18-29(25-14-8-3-9-15-25)33(21-23-10-4-1-5-11-23)22-24-12-6-2-7-13-24/h1-17,20,29-30,34H,18-19,21-22H2/t29-,30?/m0/s1. The van der Waals surface area contributed by atoms with Crippen LogP contribution >= 0.6 is 23.2 Å². The zero-order valence-corrected chi connectivity index (χ0v) is 20.5. The van der Waals surface area contributed by atoms with Gasteiger partial charge in [-0.05, 0) is 47.2 Å². The average Bonchev–Trinajstić information content (AvgIpc) is 2.87. The highest BCUT2D eigenvalue weighted by Crippen LogP contribution is 2.33.